The molecule has 2 aliphatic heterocycles. The van der Waals surface area contributed by atoms with Crippen molar-refractivity contribution in [3.8, 4) is 0 Å². The first-order valence-corrected chi connectivity index (χ1v) is 9.71. The standard InChI is InChI=1S/C19H23N5OS/c20-14-11-13(19(25)22-7-10-24-8-5-21-6-9-24)12-17-18(14)23-15-3-1-2-4-16(15)26-17/h1-4,11-12,21,23H,5-10,20H2,(H,22,25). The van der Waals surface area contributed by atoms with Crippen LogP contribution in [0.15, 0.2) is 46.2 Å². The van der Waals surface area contributed by atoms with Gasteiger partial charge in [-0.15, -0.1) is 0 Å². The predicted octanol–water partition coefficient (Wildman–Crippen LogP) is 2.11. The lowest BCUT2D eigenvalue weighted by molar-refractivity contribution is 0.0947. The van der Waals surface area contributed by atoms with Gasteiger partial charge in [0.05, 0.1) is 17.1 Å². The minimum atomic E-state index is -0.0749. The van der Waals surface area contributed by atoms with Crippen molar-refractivity contribution in [2.45, 2.75) is 9.79 Å². The molecule has 1 amide bonds. The number of rotatable bonds is 4. The maximum absolute atomic E-state index is 12.5. The van der Waals surface area contributed by atoms with Gasteiger partial charge in [-0.3, -0.25) is 9.69 Å². The summed E-state index contributed by atoms with van der Waals surface area (Å²) in [6, 6.07) is 11.8. The zero-order valence-corrected chi connectivity index (χ0v) is 15.4. The summed E-state index contributed by atoms with van der Waals surface area (Å²) in [5.74, 6) is -0.0749. The fourth-order valence-corrected chi connectivity index (χ4v) is 4.33. The zero-order chi connectivity index (χ0) is 17.9. The van der Waals surface area contributed by atoms with Gasteiger partial charge in [-0.2, -0.15) is 0 Å². The predicted molar refractivity (Wildman–Crippen MR) is 106 cm³/mol. The highest BCUT2D eigenvalue weighted by atomic mass is 32.2. The monoisotopic (exact) mass is 369 g/mol. The molecule has 5 N–H and O–H groups in total. The van der Waals surface area contributed by atoms with E-state index in [1.54, 1.807) is 17.8 Å². The number of amides is 1. The molecule has 7 heteroatoms. The van der Waals surface area contributed by atoms with Gasteiger partial charge in [0.15, 0.2) is 0 Å². The summed E-state index contributed by atoms with van der Waals surface area (Å²) < 4.78 is 0. The third-order valence-corrected chi connectivity index (χ3v) is 5.80. The van der Waals surface area contributed by atoms with Crippen molar-refractivity contribution in [3.63, 3.8) is 0 Å². The molecule has 0 atom stereocenters. The Balaban J connectivity index is 1.43. The summed E-state index contributed by atoms with van der Waals surface area (Å²) in [5, 5.41) is 9.72. The van der Waals surface area contributed by atoms with Crippen LogP contribution in [0.25, 0.3) is 0 Å². The molecule has 2 aromatic carbocycles. The Morgan fingerprint density at radius 2 is 2.00 bits per heavy atom. The SMILES string of the molecule is Nc1cc(C(=O)NCCN2CCNCC2)cc2c1Nc1ccccc1S2. The number of anilines is 3. The first-order valence-electron chi connectivity index (χ1n) is 8.89. The Morgan fingerprint density at radius 1 is 1.19 bits per heavy atom. The Labute approximate surface area is 157 Å². The molecule has 0 aromatic heterocycles. The lowest BCUT2D eigenvalue weighted by Gasteiger charge is -2.27. The van der Waals surface area contributed by atoms with E-state index in [0.717, 1.165) is 53.9 Å². The van der Waals surface area contributed by atoms with Crippen molar-refractivity contribution in [2.24, 2.45) is 0 Å². The molecule has 2 aromatic rings. The molecule has 0 spiro atoms. The summed E-state index contributed by atoms with van der Waals surface area (Å²) in [7, 11) is 0. The molecule has 4 rings (SSSR count). The summed E-state index contributed by atoms with van der Waals surface area (Å²) in [6.07, 6.45) is 0. The number of nitrogens with zero attached hydrogens (tertiary/aromatic N) is 1. The molecule has 136 valence electrons. The molecule has 1 saturated heterocycles. The quantitative estimate of drug-likeness (QED) is 0.528. The van der Waals surface area contributed by atoms with E-state index in [1.807, 2.05) is 24.3 Å². The van der Waals surface area contributed by atoms with Crippen LogP contribution in [0.5, 0.6) is 0 Å². The summed E-state index contributed by atoms with van der Waals surface area (Å²) >= 11 is 1.64. The number of hydrogen-bond donors (Lipinski definition) is 4. The molecule has 0 radical (unpaired) electrons. The molecule has 0 unspecified atom stereocenters. The average molecular weight is 369 g/mol. The second-order valence-electron chi connectivity index (χ2n) is 6.51. The number of fused-ring (bicyclic) bond motifs is 2. The number of nitrogens with one attached hydrogen (secondary N) is 3. The smallest absolute Gasteiger partial charge is 0.251 e. The fraction of sp³-hybridized carbons (Fsp3) is 0.316. The summed E-state index contributed by atoms with van der Waals surface area (Å²) in [4.78, 5) is 17.0. The number of nitrogens with two attached hydrogens (primary N) is 1. The first-order chi connectivity index (χ1) is 12.7. The maximum Gasteiger partial charge on any atom is 0.251 e. The number of nitrogen functional groups attached to an aromatic ring is 1. The van der Waals surface area contributed by atoms with E-state index < -0.39 is 0 Å². The maximum atomic E-state index is 12.5. The van der Waals surface area contributed by atoms with Gasteiger partial charge in [-0.05, 0) is 24.3 Å². The number of carbonyl (C=O) groups is 1. The molecular formula is C19H23N5OS. The summed E-state index contributed by atoms with van der Waals surface area (Å²) in [5.41, 5.74) is 9.34. The minimum Gasteiger partial charge on any atom is -0.397 e. The van der Waals surface area contributed by atoms with E-state index in [4.69, 9.17) is 5.73 Å². The van der Waals surface area contributed by atoms with Crippen molar-refractivity contribution in [2.75, 3.05) is 50.3 Å². The van der Waals surface area contributed by atoms with Gasteiger partial charge in [0, 0.05) is 54.6 Å². The molecule has 0 saturated carbocycles. The Morgan fingerprint density at radius 3 is 2.85 bits per heavy atom. The minimum absolute atomic E-state index is 0.0749. The highest BCUT2D eigenvalue weighted by Gasteiger charge is 2.20. The van der Waals surface area contributed by atoms with Gasteiger partial charge in [0.1, 0.15) is 0 Å². The van der Waals surface area contributed by atoms with Crippen LogP contribution < -0.4 is 21.7 Å². The van der Waals surface area contributed by atoms with Crippen LogP contribution in [0.4, 0.5) is 17.1 Å². The van der Waals surface area contributed by atoms with Crippen molar-refractivity contribution in [1.82, 2.24) is 15.5 Å². The van der Waals surface area contributed by atoms with E-state index in [1.165, 1.54) is 0 Å². The number of para-hydroxylation sites is 1. The van der Waals surface area contributed by atoms with Gasteiger partial charge >= 0.3 is 0 Å². The van der Waals surface area contributed by atoms with Crippen LogP contribution >= 0.6 is 11.8 Å². The van der Waals surface area contributed by atoms with E-state index >= 15 is 0 Å². The zero-order valence-electron chi connectivity index (χ0n) is 14.5. The molecule has 0 aliphatic carbocycles. The van der Waals surface area contributed by atoms with Gasteiger partial charge in [0.25, 0.3) is 5.91 Å². The van der Waals surface area contributed by atoms with Crippen LogP contribution in [0, 0.1) is 0 Å². The second kappa shape index (κ2) is 7.57. The normalized spacial score (nSPS) is 16.3. The van der Waals surface area contributed by atoms with E-state index in [-0.39, 0.29) is 5.91 Å². The van der Waals surface area contributed by atoms with Crippen LogP contribution in [-0.2, 0) is 0 Å². The number of carbonyl (C=O) groups excluding carboxylic acids is 1. The number of piperazine rings is 1. The van der Waals surface area contributed by atoms with E-state index in [9.17, 15) is 4.79 Å². The van der Waals surface area contributed by atoms with Crippen molar-refractivity contribution < 1.29 is 4.79 Å². The van der Waals surface area contributed by atoms with Gasteiger partial charge in [0.2, 0.25) is 0 Å². The third kappa shape index (κ3) is 3.65. The Hall–Kier alpha value is -2.22. The Bertz CT molecular complexity index is 820. The van der Waals surface area contributed by atoms with Crippen molar-refractivity contribution in [1.29, 1.82) is 0 Å². The van der Waals surface area contributed by atoms with Crippen LogP contribution in [-0.4, -0.2) is 50.1 Å². The molecule has 2 aliphatic rings. The topological polar surface area (TPSA) is 82.4 Å². The Kier molecular flexibility index (Phi) is 5.01. The molecular weight excluding hydrogens is 346 g/mol. The molecule has 0 bridgehead atoms. The van der Waals surface area contributed by atoms with E-state index in [2.05, 4.69) is 26.9 Å². The van der Waals surface area contributed by atoms with Gasteiger partial charge in [-0.1, -0.05) is 23.9 Å². The van der Waals surface area contributed by atoms with Crippen molar-refractivity contribution >= 4 is 34.7 Å². The molecule has 6 nitrogen and oxygen atoms in total. The fourth-order valence-electron chi connectivity index (χ4n) is 3.26. The second-order valence-corrected chi connectivity index (χ2v) is 7.59. The lowest BCUT2D eigenvalue weighted by Crippen LogP contribution is -2.46. The van der Waals surface area contributed by atoms with Crippen LogP contribution in [0.2, 0.25) is 0 Å². The van der Waals surface area contributed by atoms with Crippen molar-refractivity contribution in [3.05, 3.63) is 42.0 Å². The van der Waals surface area contributed by atoms with Gasteiger partial charge < -0.3 is 21.7 Å². The summed E-state index contributed by atoms with van der Waals surface area (Å²) in [6.45, 7) is 5.61. The average Bonchev–Trinajstić information content (AvgIpc) is 2.67. The van der Waals surface area contributed by atoms with E-state index in [0.29, 0.717) is 17.8 Å². The first kappa shape index (κ1) is 17.2. The largest absolute Gasteiger partial charge is 0.397 e. The highest BCUT2D eigenvalue weighted by molar-refractivity contribution is 7.99. The van der Waals surface area contributed by atoms with Crippen LogP contribution in [0.3, 0.4) is 0 Å². The van der Waals surface area contributed by atoms with Crippen LogP contribution in [0.1, 0.15) is 10.4 Å². The highest BCUT2D eigenvalue weighted by Crippen LogP contribution is 2.46. The van der Waals surface area contributed by atoms with Gasteiger partial charge in [-0.25, -0.2) is 0 Å². The lowest BCUT2D eigenvalue weighted by atomic mass is 10.1. The molecule has 26 heavy (non-hydrogen) atoms. The molecule has 1 fully saturated rings. The molecule has 2 heterocycles. The number of benzene rings is 2. The third-order valence-electron chi connectivity index (χ3n) is 4.68. The number of hydrogen-bond acceptors (Lipinski definition) is 6.